The molecule has 196 valence electrons. The van der Waals surface area contributed by atoms with Gasteiger partial charge in [-0.05, 0) is 81.0 Å². The van der Waals surface area contributed by atoms with Crippen molar-refractivity contribution < 1.29 is 14.2 Å². The zero-order valence-electron chi connectivity index (χ0n) is 22.1. The van der Waals surface area contributed by atoms with Crippen LogP contribution in [0.4, 0.5) is 4.39 Å². The van der Waals surface area contributed by atoms with E-state index >= 15 is 0 Å². The molecule has 7 nitrogen and oxygen atoms in total. The van der Waals surface area contributed by atoms with Gasteiger partial charge in [0.2, 0.25) is 0 Å². The molecule has 1 aliphatic rings. The number of rotatable bonds is 5. The lowest BCUT2D eigenvalue weighted by Crippen LogP contribution is -2.27. The second-order valence-electron chi connectivity index (χ2n) is 10.8. The first kappa shape index (κ1) is 24.7. The van der Waals surface area contributed by atoms with Gasteiger partial charge in [-0.15, -0.1) is 5.10 Å². The number of hydrogen-bond acceptors (Lipinski definition) is 5. The fourth-order valence-corrected chi connectivity index (χ4v) is 5.90. The highest BCUT2D eigenvalue weighted by Gasteiger charge is 2.31. The molecule has 38 heavy (non-hydrogen) atoms. The van der Waals surface area contributed by atoms with E-state index in [1.54, 1.807) is 18.5 Å². The van der Waals surface area contributed by atoms with Crippen molar-refractivity contribution in [2.75, 3.05) is 13.2 Å². The number of pyridine rings is 1. The quantitative estimate of drug-likeness (QED) is 0.327. The van der Waals surface area contributed by atoms with Crippen LogP contribution in [0, 0.1) is 18.7 Å². The number of nitrogens with zero attached hydrogens (tertiary/aromatic N) is 5. The van der Waals surface area contributed by atoms with Crippen LogP contribution in [0.2, 0.25) is 0 Å². The first-order chi connectivity index (χ1) is 18.2. The molecule has 4 heterocycles. The molecule has 0 bridgehead atoms. The van der Waals surface area contributed by atoms with Crippen molar-refractivity contribution in [2.45, 2.75) is 45.3 Å². The Morgan fingerprint density at radius 3 is 2.45 bits per heavy atom. The molecule has 1 N–H and O–H groups in total. The molecular formula is C30H32FN5O2. The first-order valence-corrected chi connectivity index (χ1v) is 13.1. The minimum atomic E-state index is -0.989. The van der Waals surface area contributed by atoms with Crippen LogP contribution < -0.4 is 0 Å². The van der Waals surface area contributed by atoms with Crippen LogP contribution in [-0.2, 0) is 17.4 Å². The molecule has 2 aromatic carbocycles. The molecule has 1 fully saturated rings. The standard InChI is InChI=1S/C30H32FN5O2/c1-18-28(35(4)34-33-18)21-15-26-27(32-17-21)24-16-22(30(2,3)37)7-10-25(24)36(26)29(20-11-13-38-14-12-20)19-5-8-23(31)9-6-19/h5-10,15-17,20,29,37H,11-14H2,1-4H3. The maximum absolute atomic E-state index is 14.0. The molecule has 1 saturated heterocycles. The van der Waals surface area contributed by atoms with E-state index in [9.17, 15) is 9.50 Å². The highest BCUT2D eigenvalue weighted by atomic mass is 19.1. The van der Waals surface area contributed by atoms with Gasteiger partial charge in [-0.1, -0.05) is 23.4 Å². The Bertz CT molecular complexity index is 1610. The van der Waals surface area contributed by atoms with Crippen LogP contribution in [-0.4, -0.2) is 42.9 Å². The lowest BCUT2D eigenvalue weighted by atomic mass is 9.86. The van der Waals surface area contributed by atoms with Gasteiger partial charge in [0.05, 0.1) is 39.6 Å². The molecule has 6 rings (SSSR count). The summed E-state index contributed by atoms with van der Waals surface area (Å²) in [6, 6.07) is 15.1. The van der Waals surface area contributed by atoms with E-state index in [4.69, 9.17) is 9.72 Å². The average Bonchev–Trinajstić information content (AvgIpc) is 3.41. The topological polar surface area (TPSA) is 78.0 Å². The third-order valence-electron chi connectivity index (χ3n) is 7.82. The number of aryl methyl sites for hydroxylation is 2. The third-order valence-corrected chi connectivity index (χ3v) is 7.82. The van der Waals surface area contributed by atoms with E-state index in [1.807, 2.05) is 44.4 Å². The Morgan fingerprint density at radius 2 is 1.79 bits per heavy atom. The Labute approximate surface area is 220 Å². The Hall–Kier alpha value is -3.62. The fourth-order valence-electron chi connectivity index (χ4n) is 5.90. The van der Waals surface area contributed by atoms with E-state index in [0.717, 1.165) is 62.9 Å². The summed E-state index contributed by atoms with van der Waals surface area (Å²) >= 11 is 0. The number of halogens is 1. The monoisotopic (exact) mass is 513 g/mol. The van der Waals surface area contributed by atoms with Crippen LogP contribution in [0.25, 0.3) is 33.2 Å². The van der Waals surface area contributed by atoms with Crippen molar-refractivity contribution in [3.05, 3.63) is 77.4 Å². The van der Waals surface area contributed by atoms with Gasteiger partial charge in [-0.2, -0.15) is 0 Å². The van der Waals surface area contributed by atoms with Crippen molar-refractivity contribution in [3.8, 4) is 11.3 Å². The summed E-state index contributed by atoms with van der Waals surface area (Å²) in [7, 11) is 1.88. The number of benzene rings is 2. The molecule has 0 amide bonds. The highest BCUT2D eigenvalue weighted by Crippen LogP contribution is 2.42. The normalized spacial score (nSPS) is 15.9. The molecule has 0 spiro atoms. The van der Waals surface area contributed by atoms with Crippen molar-refractivity contribution >= 4 is 21.9 Å². The molecular weight excluding hydrogens is 481 g/mol. The summed E-state index contributed by atoms with van der Waals surface area (Å²) in [5.41, 5.74) is 6.43. The Kier molecular flexibility index (Phi) is 6.04. The number of aliphatic hydroxyl groups is 1. The van der Waals surface area contributed by atoms with Gasteiger partial charge in [0.15, 0.2) is 0 Å². The second kappa shape index (κ2) is 9.29. The Balaban J connectivity index is 1.68. The van der Waals surface area contributed by atoms with Gasteiger partial charge in [-0.25, -0.2) is 9.07 Å². The minimum Gasteiger partial charge on any atom is -0.386 e. The van der Waals surface area contributed by atoms with E-state index < -0.39 is 5.60 Å². The molecule has 1 aliphatic heterocycles. The summed E-state index contributed by atoms with van der Waals surface area (Å²) in [6.07, 6.45) is 3.68. The van der Waals surface area contributed by atoms with Gasteiger partial charge in [0, 0.05) is 37.4 Å². The van der Waals surface area contributed by atoms with Gasteiger partial charge in [0.1, 0.15) is 5.82 Å². The van der Waals surface area contributed by atoms with Crippen LogP contribution in [0.1, 0.15) is 49.6 Å². The van der Waals surface area contributed by atoms with E-state index in [2.05, 4.69) is 27.0 Å². The van der Waals surface area contributed by atoms with Crippen LogP contribution in [0.5, 0.6) is 0 Å². The molecule has 0 aliphatic carbocycles. The lowest BCUT2D eigenvalue weighted by molar-refractivity contribution is 0.0552. The maximum Gasteiger partial charge on any atom is 0.123 e. The minimum absolute atomic E-state index is 0.0460. The smallest absolute Gasteiger partial charge is 0.123 e. The van der Waals surface area contributed by atoms with Crippen molar-refractivity contribution in [3.63, 3.8) is 0 Å². The fraction of sp³-hybridized carbons (Fsp3) is 0.367. The van der Waals surface area contributed by atoms with E-state index in [0.29, 0.717) is 19.1 Å². The summed E-state index contributed by atoms with van der Waals surface area (Å²) < 4.78 is 23.9. The molecule has 0 saturated carbocycles. The maximum atomic E-state index is 14.0. The van der Waals surface area contributed by atoms with E-state index in [-0.39, 0.29) is 11.9 Å². The summed E-state index contributed by atoms with van der Waals surface area (Å²) in [4.78, 5) is 4.97. The number of ether oxygens (including phenoxy) is 1. The molecule has 5 aromatic rings. The average molecular weight is 514 g/mol. The van der Waals surface area contributed by atoms with Crippen molar-refractivity contribution in [2.24, 2.45) is 13.0 Å². The van der Waals surface area contributed by atoms with Gasteiger partial charge in [0.25, 0.3) is 0 Å². The number of fused-ring (bicyclic) bond motifs is 3. The molecule has 1 unspecified atom stereocenters. The van der Waals surface area contributed by atoms with Crippen LogP contribution in [0.3, 0.4) is 0 Å². The third kappa shape index (κ3) is 4.18. The number of aromatic nitrogens is 5. The van der Waals surface area contributed by atoms with Gasteiger partial charge in [-0.3, -0.25) is 4.98 Å². The lowest BCUT2D eigenvalue weighted by Gasteiger charge is -2.33. The van der Waals surface area contributed by atoms with Crippen molar-refractivity contribution in [1.29, 1.82) is 0 Å². The number of hydrogen-bond donors (Lipinski definition) is 1. The second-order valence-corrected chi connectivity index (χ2v) is 10.8. The zero-order valence-corrected chi connectivity index (χ0v) is 22.1. The van der Waals surface area contributed by atoms with E-state index in [1.165, 1.54) is 12.1 Å². The van der Waals surface area contributed by atoms with Crippen LogP contribution in [0.15, 0.2) is 54.7 Å². The predicted molar refractivity (Wildman–Crippen MR) is 145 cm³/mol. The summed E-state index contributed by atoms with van der Waals surface area (Å²) in [5, 5.41) is 20.2. The van der Waals surface area contributed by atoms with Gasteiger partial charge >= 0.3 is 0 Å². The summed E-state index contributed by atoms with van der Waals surface area (Å²) in [5.74, 6) is 0.0467. The first-order valence-electron chi connectivity index (χ1n) is 13.1. The Morgan fingerprint density at radius 1 is 1.05 bits per heavy atom. The molecule has 0 radical (unpaired) electrons. The largest absolute Gasteiger partial charge is 0.386 e. The predicted octanol–water partition coefficient (Wildman–Crippen LogP) is 5.68. The molecule has 3 aromatic heterocycles. The molecule has 8 heteroatoms. The zero-order chi connectivity index (χ0) is 26.6. The van der Waals surface area contributed by atoms with Gasteiger partial charge < -0.3 is 14.4 Å². The summed E-state index contributed by atoms with van der Waals surface area (Å²) in [6.45, 7) is 6.93. The highest BCUT2D eigenvalue weighted by molar-refractivity contribution is 6.07. The van der Waals surface area contributed by atoms with Crippen LogP contribution >= 0.6 is 0 Å². The SMILES string of the molecule is Cc1nnn(C)c1-c1cnc2c3cc(C(C)(C)O)ccc3n(C(c3ccc(F)cc3)C3CCOCC3)c2c1. The molecule has 1 atom stereocenters. The van der Waals surface area contributed by atoms with Crippen molar-refractivity contribution in [1.82, 2.24) is 24.5 Å².